The number of para-hydroxylation sites is 3. The van der Waals surface area contributed by atoms with Gasteiger partial charge in [0.05, 0.1) is 14.2 Å². The van der Waals surface area contributed by atoms with Crippen LogP contribution in [0.1, 0.15) is 72.2 Å². The van der Waals surface area contributed by atoms with Gasteiger partial charge in [-0.2, -0.15) is 0 Å². The summed E-state index contributed by atoms with van der Waals surface area (Å²) in [6.07, 6.45) is -1.67. The molecule has 2 atom stereocenters. The van der Waals surface area contributed by atoms with E-state index in [9.17, 15) is 5.11 Å². The van der Waals surface area contributed by atoms with Gasteiger partial charge in [0, 0.05) is 33.1 Å². The van der Waals surface area contributed by atoms with Crippen LogP contribution in [0.5, 0.6) is 17.2 Å². The molecule has 4 heteroatoms. The van der Waals surface area contributed by atoms with Crippen LogP contribution in [-0.2, 0) is 10.8 Å². The lowest BCUT2D eigenvalue weighted by molar-refractivity contribution is -0.0420. The lowest BCUT2D eigenvalue weighted by atomic mass is 9.67. The smallest absolute Gasteiger partial charge is 0.135 e. The quantitative estimate of drug-likeness (QED) is 0.152. The Hall–Kier alpha value is -4.54. The van der Waals surface area contributed by atoms with Gasteiger partial charge < -0.3 is 19.3 Å². The summed E-state index contributed by atoms with van der Waals surface area (Å²) in [5.74, 6) is 2.23. The Kier molecular flexibility index (Phi) is 10.6. The molecule has 0 bridgehead atoms. The van der Waals surface area contributed by atoms with Gasteiger partial charge in [-0.1, -0.05) is 118 Å². The number of aliphatic hydroxyl groups is 1. The van der Waals surface area contributed by atoms with Crippen molar-refractivity contribution in [2.24, 2.45) is 0 Å². The molecule has 1 N–H and O–H groups in total. The predicted molar refractivity (Wildman–Crippen MR) is 208 cm³/mol. The molecule has 0 spiro atoms. The second-order valence-electron chi connectivity index (χ2n) is 15.1. The van der Waals surface area contributed by atoms with E-state index in [2.05, 4.69) is 130 Å². The first-order valence-electron chi connectivity index (χ1n) is 17.5. The maximum absolute atomic E-state index is 12.8. The first kappa shape index (κ1) is 36.7. The number of methoxy groups -OCH3 is 2. The number of benzene rings is 5. The van der Waals surface area contributed by atoms with E-state index in [1.807, 2.05) is 30.3 Å². The molecule has 5 rings (SSSR count). The number of hydrogen-bond acceptors (Lipinski definition) is 4. The highest BCUT2D eigenvalue weighted by atomic mass is 16.5. The Labute approximate surface area is 300 Å². The van der Waals surface area contributed by atoms with Gasteiger partial charge in [0.2, 0.25) is 0 Å². The van der Waals surface area contributed by atoms with E-state index in [0.29, 0.717) is 5.75 Å². The summed E-state index contributed by atoms with van der Waals surface area (Å²) < 4.78 is 19.4. The minimum Gasteiger partial charge on any atom is -0.496 e. The van der Waals surface area contributed by atoms with Crippen LogP contribution in [0.3, 0.4) is 0 Å². The first-order chi connectivity index (χ1) is 23.6. The van der Waals surface area contributed by atoms with Crippen LogP contribution in [-0.4, -0.2) is 31.5 Å². The molecule has 5 aromatic rings. The van der Waals surface area contributed by atoms with Crippen molar-refractivity contribution in [1.29, 1.82) is 0 Å². The molecule has 0 aliphatic heterocycles. The first-order valence-corrected chi connectivity index (χ1v) is 17.5. The zero-order chi connectivity index (χ0) is 36.5. The SMILES string of the molecule is COc1c(-c2c(C)cc(C)cc2C)cccc1C(C)(C)[C@@H](O)[C@H](Oc1ccccc1)C(C)(C)c1cccc(-c2c(C)cc(C)cc2C)c1OC. The van der Waals surface area contributed by atoms with Crippen LogP contribution in [0.4, 0.5) is 0 Å². The average molecular weight is 671 g/mol. The molecule has 0 amide bonds. The highest BCUT2D eigenvalue weighted by Gasteiger charge is 2.48. The lowest BCUT2D eigenvalue weighted by Gasteiger charge is -2.44. The third kappa shape index (κ3) is 6.79. The molecular formula is C46H54O4. The van der Waals surface area contributed by atoms with Crippen LogP contribution in [0.25, 0.3) is 22.3 Å². The molecule has 0 aliphatic carbocycles. The van der Waals surface area contributed by atoms with Crippen LogP contribution < -0.4 is 14.2 Å². The van der Waals surface area contributed by atoms with Crippen LogP contribution in [0.2, 0.25) is 0 Å². The fraction of sp³-hybridized carbons (Fsp3) is 0.348. The van der Waals surface area contributed by atoms with Gasteiger partial charge in [0.1, 0.15) is 29.5 Å². The van der Waals surface area contributed by atoms with E-state index in [4.69, 9.17) is 14.2 Å². The second-order valence-corrected chi connectivity index (χ2v) is 15.1. The van der Waals surface area contributed by atoms with E-state index in [1.165, 1.54) is 33.4 Å². The highest BCUT2D eigenvalue weighted by molar-refractivity contribution is 5.79. The van der Waals surface area contributed by atoms with Crippen LogP contribution in [0.15, 0.2) is 91.0 Å². The summed E-state index contributed by atoms with van der Waals surface area (Å²) in [4.78, 5) is 0. The van der Waals surface area contributed by atoms with Crippen molar-refractivity contribution in [2.45, 2.75) is 92.3 Å². The van der Waals surface area contributed by atoms with Crippen molar-refractivity contribution in [1.82, 2.24) is 0 Å². The molecule has 0 heterocycles. The van der Waals surface area contributed by atoms with Crippen molar-refractivity contribution in [2.75, 3.05) is 14.2 Å². The predicted octanol–water partition coefficient (Wildman–Crippen LogP) is 11.0. The molecule has 0 fully saturated rings. The summed E-state index contributed by atoms with van der Waals surface area (Å²) in [6, 6.07) is 31.2. The Morgan fingerprint density at radius 1 is 0.520 bits per heavy atom. The standard InChI is InChI=1S/C46H54O4/c1-28-24-30(3)39(31(4)25-28)35-20-16-22-37(41(35)48-11)45(7,8)43(47)44(50-34-18-14-13-15-19-34)46(9,10)38-23-17-21-36(42(38)49-12)40-32(5)26-29(2)27-33(40)6/h13-27,43-44,47H,1-12H3/t43-,44-/m0/s1. The number of ether oxygens (including phenoxy) is 3. The van der Waals surface area contributed by atoms with Crippen LogP contribution in [0, 0.1) is 41.5 Å². The molecule has 4 nitrogen and oxygen atoms in total. The molecule has 50 heavy (non-hydrogen) atoms. The maximum Gasteiger partial charge on any atom is 0.135 e. The molecule has 0 saturated heterocycles. The van der Waals surface area contributed by atoms with E-state index >= 15 is 0 Å². The van der Waals surface area contributed by atoms with Gasteiger partial charge in [0.25, 0.3) is 0 Å². The molecule has 5 aromatic carbocycles. The van der Waals surface area contributed by atoms with Crippen molar-refractivity contribution >= 4 is 0 Å². The lowest BCUT2D eigenvalue weighted by Crippen LogP contribution is -2.54. The molecule has 0 radical (unpaired) electrons. The largest absolute Gasteiger partial charge is 0.496 e. The fourth-order valence-corrected chi connectivity index (χ4v) is 8.08. The van der Waals surface area contributed by atoms with Gasteiger partial charge in [0.15, 0.2) is 0 Å². The maximum atomic E-state index is 12.8. The molecule has 0 aromatic heterocycles. The fourth-order valence-electron chi connectivity index (χ4n) is 8.08. The van der Waals surface area contributed by atoms with Gasteiger partial charge in [-0.05, 0) is 87.1 Å². The Bertz CT molecular complexity index is 1940. The van der Waals surface area contributed by atoms with Crippen molar-refractivity contribution in [3.05, 3.63) is 136 Å². The van der Waals surface area contributed by atoms with Crippen molar-refractivity contribution in [3.8, 4) is 39.5 Å². The van der Waals surface area contributed by atoms with Gasteiger partial charge in [-0.25, -0.2) is 0 Å². The Balaban J connectivity index is 1.69. The van der Waals surface area contributed by atoms with E-state index in [0.717, 1.165) is 44.9 Å². The van der Waals surface area contributed by atoms with Crippen molar-refractivity contribution < 1.29 is 19.3 Å². The van der Waals surface area contributed by atoms with E-state index < -0.39 is 23.0 Å². The topological polar surface area (TPSA) is 47.9 Å². The number of hydrogen-bond donors (Lipinski definition) is 1. The number of aliphatic hydroxyl groups excluding tert-OH is 1. The summed E-state index contributed by atoms with van der Waals surface area (Å²) in [7, 11) is 3.45. The Morgan fingerprint density at radius 2 is 0.920 bits per heavy atom. The molecule has 0 unspecified atom stereocenters. The molecule has 0 saturated carbocycles. The summed E-state index contributed by atoms with van der Waals surface area (Å²) in [5, 5.41) is 12.8. The van der Waals surface area contributed by atoms with Crippen molar-refractivity contribution in [3.63, 3.8) is 0 Å². The monoisotopic (exact) mass is 670 g/mol. The number of aryl methyl sites for hydroxylation is 6. The van der Waals surface area contributed by atoms with E-state index in [1.54, 1.807) is 14.2 Å². The summed E-state index contributed by atoms with van der Waals surface area (Å²) in [6.45, 7) is 21.3. The highest BCUT2D eigenvalue weighted by Crippen LogP contribution is 2.48. The minimum absolute atomic E-state index is 0.687. The zero-order valence-corrected chi connectivity index (χ0v) is 32.0. The van der Waals surface area contributed by atoms with Gasteiger partial charge in [-0.3, -0.25) is 0 Å². The average Bonchev–Trinajstić information content (AvgIpc) is 3.06. The minimum atomic E-state index is -0.974. The van der Waals surface area contributed by atoms with Gasteiger partial charge in [-0.15, -0.1) is 0 Å². The zero-order valence-electron chi connectivity index (χ0n) is 32.0. The normalized spacial score (nSPS) is 13.1. The third-order valence-corrected chi connectivity index (χ3v) is 10.5. The van der Waals surface area contributed by atoms with Crippen LogP contribution >= 0.6 is 0 Å². The second kappa shape index (κ2) is 14.4. The summed E-state index contributed by atoms with van der Waals surface area (Å²) in [5.41, 5.74) is 11.9. The Morgan fingerprint density at radius 3 is 1.32 bits per heavy atom. The molecule has 262 valence electrons. The third-order valence-electron chi connectivity index (χ3n) is 10.5. The molecular weight excluding hydrogens is 617 g/mol. The number of rotatable bonds is 11. The van der Waals surface area contributed by atoms with Gasteiger partial charge >= 0.3 is 0 Å². The van der Waals surface area contributed by atoms with E-state index in [-0.39, 0.29) is 0 Å². The molecule has 0 aliphatic rings. The summed E-state index contributed by atoms with van der Waals surface area (Å²) >= 11 is 0.